The van der Waals surface area contributed by atoms with Crippen LogP contribution in [0.15, 0.2) is 54.9 Å². The van der Waals surface area contributed by atoms with Crippen molar-refractivity contribution >= 4 is 46.8 Å². The second-order valence-electron chi connectivity index (χ2n) is 9.27. The number of rotatable bonds is 10. The summed E-state index contributed by atoms with van der Waals surface area (Å²) in [5.41, 5.74) is 1.62. The molecule has 0 spiro atoms. The number of carboxylic acid groups (broad SMARTS) is 1. The largest absolute Gasteiger partial charge is 0.480 e. The minimum absolute atomic E-state index is 0.0101. The molecule has 0 aliphatic heterocycles. The second kappa shape index (κ2) is 12.3. The highest BCUT2D eigenvalue weighted by atomic mass is 35.5. The van der Waals surface area contributed by atoms with Gasteiger partial charge in [-0.15, -0.1) is 0 Å². The van der Waals surface area contributed by atoms with Crippen LogP contribution in [0, 0.1) is 5.92 Å². The van der Waals surface area contributed by atoms with E-state index >= 15 is 0 Å². The van der Waals surface area contributed by atoms with Crippen molar-refractivity contribution in [3.05, 3.63) is 81.6 Å². The highest BCUT2D eigenvalue weighted by molar-refractivity contribution is 6.39. The summed E-state index contributed by atoms with van der Waals surface area (Å²) in [6.45, 7) is 0. The van der Waals surface area contributed by atoms with Gasteiger partial charge in [0.25, 0.3) is 5.91 Å². The zero-order valence-electron chi connectivity index (χ0n) is 20.0. The molecule has 3 atom stereocenters. The minimum Gasteiger partial charge on any atom is -0.480 e. The van der Waals surface area contributed by atoms with Gasteiger partial charge in [0.2, 0.25) is 0 Å². The summed E-state index contributed by atoms with van der Waals surface area (Å²) in [7, 11) is 0. The average Bonchev–Trinajstić information content (AvgIpc) is 3.38. The van der Waals surface area contributed by atoms with E-state index in [2.05, 4.69) is 20.6 Å². The number of anilines is 1. The number of imidazole rings is 1. The lowest BCUT2D eigenvalue weighted by Crippen LogP contribution is -2.42. The smallest absolute Gasteiger partial charge is 0.326 e. The number of aliphatic carboxylic acids is 1. The van der Waals surface area contributed by atoms with Gasteiger partial charge in [-0.05, 0) is 42.5 Å². The Kier molecular flexibility index (Phi) is 8.84. The first kappa shape index (κ1) is 26.7. The molecule has 4 N–H and O–H groups in total. The molecule has 37 heavy (non-hydrogen) atoms. The minimum atomic E-state index is -1.18. The van der Waals surface area contributed by atoms with E-state index in [1.807, 2.05) is 12.1 Å². The van der Waals surface area contributed by atoms with Crippen LogP contribution in [0.2, 0.25) is 10.0 Å². The van der Waals surface area contributed by atoms with Crippen LogP contribution in [0.5, 0.6) is 0 Å². The number of aromatic amines is 1. The molecule has 4 rings (SSSR count). The molecule has 2 aromatic carbocycles. The van der Waals surface area contributed by atoms with Crippen LogP contribution in [0.4, 0.5) is 5.95 Å². The van der Waals surface area contributed by atoms with Crippen LogP contribution in [0.25, 0.3) is 0 Å². The number of hydrogen-bond acceptors (Lipinski definition) is 5. The van der Waals surface area contributed by atoms with Gasteiger partial charge < -0.3 is 20.7 Å². The summed E-state index contributed by atoms with van der Waals surface area (Å²) in [4.78, 5) is 44.7. The maximum absolute atomic E-state index is 13.0. The number of Topliss-reactive ketones (excluding diaryl/α,β-unsaturated/α-hetero) is 1. The van der Waals surface area contributed by atoms with Crippen LogP contribution in [0.3, 0.4) is 0 Å². The molecule has 1 saturated carbocycles. The predicted octanol–water partition coefficient (Wildman–Crippen LogP) is 4.92. The number of carbonyl (C=O) groups is 3. The first-order valence-corrected chi connectivity index (χ1v) is 12.9. The van der Waals surface area contributed by atoms with Gasteiger partial charge in [0.1, 0.15) is 11.8 Å². The molecule has 1 fully saturated rings. The van der Waals surface area contributed by atoms with Gasteiger partial charge in [0.05, 0.1) is 15.6 Å². The van der Waals surface area contributed by atoms with Crippen molar-refractivity contribution in [2.24, 2.45) is 5.92 Å². The summed E-state index contributed by atoms with van der Waals surface area (Å²) in [5.74, 6) is -0.919. The Bertz CT molecular complexity index is 1230. The molecule has 0 bridgehead atoms. The number of H-pyrrole nitrogens is 1. The predicted molar refractivity (Wildman–Crippen MR) is 142 cm³/mol. The highest BCUT2D eigenvalue weighted by Gasteiger charge is 2.28. The number of ketones is 1. The highest BCUT2D eigenvalue weighted by Crippen LogP contribution is 2.28. The van der Waals surface area contributed by atoms with Crippen molar-refractivity contribution in [3.63, 3.8) is 0 Å². The second-order valence-corrected chi connectivity index (χ2v) is 10.1. The topological polar surface area (TPSA) is 124 Å². The van der Waals surface area contributed by atoms with E-state index in [4.69, 9.17) is 23.2 Å². The third-order valence-corrected chi connectivity index (χ3v) is 7.23. The molecule has 0 unspecified atom stereocenters. The van der Waals surface area contributed by atoms with E-state index in [-0.39, 0.29) is 39.8 Å². The summed E-state index contributed by atoms with van der Waals surface area (Å²) >= 11 is 12.1. The van der Waals surface area contributed by atoms with E-state index in [1.54, 1.807) is 30.6 Å². The van der Waals surface area contributed by atoms with Gasteiger partial charge in [-0.25, -0.2) is 9.78 Å². The van der Waals surface area contributed by atoms with Gasteiger partial charge in [-0.2, -0.15) is 0 Å². The molecular weight excluding hydrogens is 515 g/mol. The SMILES string of the molecule is O=C(N[C@@H](Cc1ccc(CC(=O)[C@H]2CCC[C@@H](Nc3ncc[nH]3)C2)cc1)C(=O)O)c1c(Cl)cccc1Cl. The Labute approximate surface area is 224 Å². The molecule has 194 valence electrons. The lowest BCUT2D eigenvalue weighted by molar-refractivity contribution is -0.139. The Morgan fingerprint density at radius 2 is 1.76 bits per heavy atom. The molecule has 0 radical (unpaired) electrons. The summed E-state index contributed by atoms with van der Waals surface area (Å²) in [5, 5.41) is 15.8. The lowest BCUT2D eigenvalue weighted by Gasteiger charge is -2.28. The fourth-order valence-electron chi connectivity index (χ4n) is 4.67. The Balaban J connectivity index is 1.33. The van der Waals surface area contributed by atoms with Crippen molar-refractivity contribution in [3.8, 4) is 0 Å². The van der Waals surface area contributed by atoms with Crippen LogP contribution in [0.1, 0.15) is 47.2 Å². The normalized spacial score (nSPS) is 18.1. The maximum Gasteiger partial charge on any atom is 0.326 e. The van der Waals surface area contributed by atoms with Gasteiger partial charge in [0, 0.05) is 37.2 Å². The zero-order chi connectivity index (χ0) is 26.4. The van der Waals surface area contributed by atoms with Gasteiger partial charge in [0.15, 0.2) is 5.95 Å². The molecule has 1 aliphatic carbocycles. The van der Waals surface area contributed by atoms with E-state index in [0.29, 0.717) is 6.42 Å². The molecule has 10 heteroatoms. The number of hydrogen-bond donors (Lipinski definition) is 4. The first-order chi connectivity index (χ1) is 17.8. The van der Waals surface area contributed by atoms with Crippen molar-refractivity contribution in [2.45, 2.75) is 50.6 Å². The summed E-state index contributed by atoms with van der Waals surface area (Å²) in [6, 6.07) is 10.9. The zero-order valence-corrected chi connectivity index (χ0v) is 21.6. The quantitative estimate of drug-likeness (QED) is 0.288. The number of carboxylic acids is 1. The van der Waals surface area contributed by atoms with Crippen molar-refractivity contribution in [2.75, 3.05) is 5.32 Å². The molecule has 1 aliphatic rings. The third kappa shape index (κ3) is 7.11. The molecule has 0 saturated heterocycles. The van der Waals surface area contributed by atoms with E-state index < -0.39 is 17.9 Å². The standard InChI is InChI=1S/C27H28Cl2N4O4/c28-20-5-2-6-21(29)24(20)25(35)33-22(26(36)37)13-16-7-9-17(10-8-16)14-23(34)18-3-1-4-19(15-18)32-27-30-11-12-31-27/h2,5-12,18-19,22H,1,3-4,13-15H2,(H,33,35)(H,36,37)(H2,30,31,32)/t18-,19+,22-/m0/s1. The third-order valence-electron chi connectivity index (χ3n) is 6.60. The molecule has 8 nitrogen and oxygen atoms in total. The lowest BCUT2D eigenvalue weighted by atomic mass is 9.81. The average molecular weight is 543 g/mol. The van der Waals surface area contributed by atoms with Gasteiger partial charge in [-0.1, -0.05) is 60.0 Å². The number of carbonyl (C=O) groups excluding carboxylic acids is 2. The van der Waals surface area contributed by atoms with Crippen molar-refractivity contribution in [1.29, 1.82) is 0 Å². The van der Waals surface area contributed by atoms with Gasteiger partial charge in [-0.3, -0.25) is 9.59 Å². The monoisotopic (exact) mass is 542 g/mol. The van der Waals surface area contributed by atoms with Crippen LogP contribution in [-0.4, -0.2) is 44.8 Å². The molecular formula is C27H28Cl2N4O4. The number of halogens is 2. The number of benzene rings is 2. The molecule has 3 aromatic rings. The fraction of sp³-hybridized carbons (Fsp3) is 0.333. The number of nitrogens with zero attached hydrogens (tertiary/aromatic N) is 1. The fourth-order valence-corrected chi connectivity index (χ4v) is 5.24. The number of aromatic nitrogens is 2. The Morgan fingerprint density at radius 1 is 1.05 bits per heavy atom. The van der Waals surface area contributed by atoms with E-state index in [9.17, 15) is 19.5 Å². The Hall–Kier alpha value is -3.36. The van der Waals surface area contributed by atoms with Crippen LogP contribution >= 0.6 is 23.2 Å². The maximum atomic E-state index is 13.0. The van der Waals surface area contributed by atoms with Crippen LogP contribution < -0.4 is 10.6 Å². The van der Waals surface area contributed by atoms with Gasteiger partial charge >= 0.3 is 5.97 Å². The van der Waals surface area contributed by atoms with E-state index in [0.717, 1.165) is 42.8 Å². The van der Waals surface area contributed by atoms with Crippen molar-refractivity contribution in [1.82, 2.24) is 15.3 Å². The Morgan fingerprint density at radius 3 is 2.41 bits per heavy atom. The van der Waals surface area contributed by atoms with E-state index in [1.165, 1.54) is 12.1 Å². The van der Waals surface area contributed by atoms with Crippen LogP contribution in [-0.2, 0) is 22.4 Å². The summed E-state index contributed by atoms with van der Waals surface area (Å²) < 4.78 is 0. The number of nitrogens with one attached hydrogen (secondary N) is 3. The molecule has 1 aromatic heterocycles. The first-order valence-electron chi connectivity index (χ1n) is 12.1. The number of amides is 1. The molecule has 1 heterocycles. The summed E-state index contributed by atoms with van der Waals surface area (Å²) in [6.07, 6.45) is 7.48. The van der Waals surface area contributed by atoms with Crippen molar-refractivity contribution < 1.29 is 19.5 Å². The molecule has 1 amide bonds.